The van der Waals surface area contributed by atoms with Crippen molar-refractivity contribution in [1.29, 1.82) is 0 Å². The largest absolute Gasteiger partial charge is 0.460 e. The number of rotatable bonds is 5. The van der Waals surface area contributed by atoms with Crippen LogP contribution in [0.15, 0.2) is 12.2 Å². The fraction of sp³-hybridized carbons (Fsp3) is 0.545. The second-order valence-corrected chi connectivity index (χ2v) is 3.70. The minimum Gasteiger partial charge on any atom is -0.460 e. The monoisotopic (exact) mass is 227 g/mol. The van der Waals surface area contributed by atoms with E-state index < -0.39 is 17.7 Å². The van der Waals surface area contributed by atoms with Crippen LogP contribution in [-0.2, 0) is 19.1 Å². The summed E-state index contributed by atoms with van der Waals surface area (Å²) in [7, 11) is 1.49. The summed E-state index contributed by atoms with van der Waals surface area (Å²) in [4.78, 5) is 34.4. The number of nitrogens with zero attached hydrogens (tertiary/aromatic N) is 1. The molecule has 1 unspecified atom stereocenters. The highest BCUT2D eigenvalue weighted by Gasteiger charge is 2.20. The van der Waals surface area contributed by atoms with Crippen molar-refractivity contribution >= 4 is 17.7 Å². The third-order valence-corrected chi connectivity index (χ3v) is 2.09. The van der Waals surface area contributed by atoms with Crippen LogP contribution in [-0.4, -0.2) is 42.3 Å². The number of likely N-dealkylation sites (N-methyl/N-ethyl adjacent to an activating group) is 1. The molecule has 1 amide bonds. The molecule has 0 saturated heterocycles. The first-order valence-electron chi connectivity index (χ1n) is 4.87. The molecule has 16 heavy (non-hydrogen) atoms. The Bertz CT molecular complexity index is 322. The number of hydrogen-bond donors (Lipinski definition) is 0. The lowest BCUT2D eigenvalue weighted by Crippen LogP contribution is -2.41. The molecule has 90 valence electrons. The lowest BCUT2D eigenvalue weighted by molar-refractivity contribution is -0.147. The van der Waals surface area contributed by atoms with Crippen molar-refractivity contribution in [2.24, 2.45) is 0 Å². The summed E-state index contributed by atoms with van der Waals surface area (Å²) >= 11 is 0. The molecule has 0 rings (SSSR count). The number of amides is 1. The molecular weight excluding hydrogens is 210 g/mol. The van der Waals surface area contributed by atoms with Crippen LogP contribution in [0.2, 0.25) is 0 Å². The average molecular weight is 227 g/mol. The van der Waals surface area contributed by atoms with Crippen molar-refractivity contribution < 1.29 is 19.1 Å². The summed E-state index contributed by atoms with van der Waals surface area (Å²) in [5, 5.41) is 0. The smallest absolute Gasteiger partial charge is 0.333 e. The molecule has 0 N–H and O–H groups in total. The van der Waals surface area contributed by atoms with E-state index in [1.54, 1.807) is 6.92 Å². The zero-order chi connectivity index (χ0) is 12.9. The van der Waals surface area contributed by atoms with Gasteiger partial charge in [-0.15, -0.1) is 0 Å². The van der Waals surface area contributed by atoms with Crippen LogP contribution in [0, 0.1) is 0 Å². The second-order valence-electron chi connectivity index (χ2n) is 3.70. The Morgan fingerprint density at radius 3 is 2.19 bits per heavy atom. The molecule has 0 aliphatic rings. The molecule has 1 atom stereocenters. The highest BCUT2D eigenvalue weighted by molar-refractivity contribution is 6.35. The van der Waals surface area contributed by atoms with E-state index >= 15 is 0 Å². The van der Waals surface area contributed by atoms with Crippen LogP contribution in [0.4, 0.5) is 0 Å². The summed E-state index contributed by atoms with van der Waals surface area (Å²) < 4.78 is 4.87. The first-order chi connectivity index (χ1) is 7.27. The minimum absolute atomic E-state index is 0.0429. The van der Waals surface area contributed by atoms with E-state index in [1.807, 2.05) is 0 Å². The van der Waals surface area contributed by atoms with Crippen molar-refractivity contribution in [1.82, 2.24) is 4.90 Å². The van der Waals surface area contributed by atoms with Gasteiger partial charge in [-0.05, 0) is 13.8 Å². The topological polar surface area (TPSA) is 63.7 Å². The number of hydrogen-bond acceptors (Lipinski definition) is 4. The molecule has 0 aromatic heterocycles. The quantitative estimate of drug-likeness (QED) is 0.390. The lowest BCUT2D eigenvalue weighted by Gasteiger charge is -2.23. The van der Waals surface area contributed by atoms with E-state index in [0.717, 1.165) is 0 Å². The summed E-state index contributed by atoms with van der Waals surface area (Å²) in [6.45, 7) is 7.90. The van der Waals surface area contributed by atoms with Gasteiger partial charge in [0, 0.05) is 19.5 Å². The Balaban J connectivity index is 4.21. The normalized spacial score (nSPS) is 11.5. The van der Waals surface area contributed by atoms with Gasteiger partial charge < -0.3 is 9.64 Å². The van der Waals surface area contributed by atoms with Crippen LogP contribution in [0.1, 0.15) is 20.8 Å². The Morgan fingerprint density at radius 1 is 1.31 bits per heavy atom. The van der Waals surface area contributed by atoms with Crippen LogP contribution in [0.3, 0.4) is 0 Å². The third-order valence-electron chi connectivity index (χ3n) is 2.09. The second kappa shape index (κ2) is 6.05. The highest BCUT2D eigenvalue weighted by Crippen LogP contribution is 2.00. The van der Waals surface area contributed by atoms with Crippen LogP contribution < -0.4 is 0 Å². The van der Waals surface area contributed by atoms with Gasteiger partial charge in [0.15, 0.2) is 0 Å². The molecule has 5 heteroatoms. The highest BCUT2D eigenvalue weighted by atomic mass is 16.5. The molecule has 0 radical (unpaired) electrons. The van der Waals surface area contributed by atoms with Crippen molar-refractivity contribution in [3.63, 3.8) is 0 Å². The van der Waals surface area contributed by atoms with E-state index in [2.05, 4.69) is 6.58 Å². The maximum atomic E-state index is 11.3. The Morgan fingerprint density at radius 2 is 1.81 bits per heavy atom. The standard InChI is InChI=1S/C11H17NO4/c1-7(2)11(15)16-6-8(3)12(5)10(14)9(4)13/h8H,1,6H2,2-5H3. The van der Waals surface area contributed by atoms with E-state index in [4.69, 9.17) is 4.74 Å². The molecule has 0 fully saturated rings. The number of ketones is 1. The van der Waals surface area contributed by atoms with Gasteiger partial charge in [0.05, 0.1) is 6.04 Å². The molecule has 0 aliphatic carbocycles. The average Bonchev–Trinajstić information content (AvgIpc) is 2.22. The fourth-order valence-corrected chi connectivity index (χ4v) is 0.880. The molecule has 0 aliphatic heterocycles. The summed E-state index contributed by atoms with van der Waals surface area (Å²) in [5.41, 5.74) is 0.299. The van der Waals surface area contributed by atoms with E-state index in [1.165, 1.54) is 25.8 Å². The molecule has 0 aromatic rings. The van der Waals surface area contributed by atoms with Crippen LogP contribution in [0.25, 0.3) is 0 Å². The molecule has 0 saturated carbocycles. The molecule has 0 bridgehead atoms. The zero-order valence-corrected chi connectivity index (χ0v) is 10.1. The van der Waals surface area contributed by atoms with Crippen molar-refractivity contribution in [2.75, 3.05) is 13.7 Å². The number of esters is 1. The van der Waals surface area contributed by atoms with Gasteiger partial charge in [-0.1, -0.05) is 6.58 Å². The zero-order valence-electron chi connectivity index (χ0n) is 10.1. The summed E-state index contributed by atoms with van der Waals surface area (Å²) in [6, 6.07) is -0.348. The van der Waals surface area contributed by atoms with Crippen molar-refractivity contribution in [3.05, 3.63) is 12.2 Å². The van der Waals surface area contributed by atoms with Crippen molar-refractivity contribution in [3.8, 4) is 0 Å². The number of ether oxygens (including phenoxy) is 1. The van der Waals surface area contributed by atoms with Crippen LogP contribution in [0.5, 0.6) is 0 Å². The van der Waals surface area contributed by atoms with Crippen LogP contribution >= 0.6 is 0 Å². The van der Waals surface area contributed by atoms with Crippen molar-refractivity contribution in [2.45, 2.75) is 26.8 Å². The number of carbonyl (C=O) groups excluding carboxylic acids is 3. The molecule has 5 nitrogen and oxygen atoms in total. The third kappa shape index (κ3) is 4.25. The SMILES string of the molecule is C=C(C)C(=O)OCC(C)N(C)C(=O)C(C)=O. The Labute approximate surface area is 95.1 Å². The molecule has 0 aromatic carbocycles. The Kier molecular flexibility index (Phi) is 5.42. The maximum Gasteiger partial charge on any atom is 0.333 e. The van der Waals surface area contributed by atoms with Gasteiger partial charge in [-0.2, -0.15) is 0 Å². The number of carbonyl (C=O) groups is 3. The summed E-state index contributed by atoms with van der Waals surface area (Å²) in [6.07, 6.45) is 0. The van der Waals surface area contributed by atoms with E-state index in [-0.39, 0.29) is 12.6 Å². The number of Topliss-reactive ketones (excluding diaryl/α,β-unsaturated/α-hetero) is 1. The first-order valence-corrected chi connectivity index (χ1v) is 4.87. The van der Waals surface area contributed by atoms with Gasteiger partial charge in [0.1, 0.15) is 6.61 Å². The minimum atomic E-state index is -0.598. The summed E-state index contributed by atoms with van der Waals surface area (Å²) in [5.74, 6) is -1.64. The fourth-order valence-electron chi connectivity index (χ4n) is 0.880. The van der Waals surface area contributed by atoms with Gasteiger partial charge >= 0.3 is 5.97 Å². The van der Waals surface area contributed by atoms with E-state index in [9.17, 15) is 14.4 Å². The molecular formula is C11H17NO4. The molecule has 0 spiro atoms. The maximum absolute atomic E-state index is 11.3. The van der Waals surface area contributed by atoms with Gasteiger partial charge in [0.25, 0.3) is 5.91 Å². The van der Waals surface area contributed by atoms with Gasteiger partial charge in [-0.3, -0.25) is 9.59 Å². The first kappa shape index (κ1) is 14.3. The predicted molar refractivity (Wildman–Crippen MR) is 58.7 cm³/mol. The lowest BCUT2D eigenvalue weighted by atomic mass is 10.3. The molecule has 0 heterocycles. The Hall–Kier alpha value is -1.65. The van der Waals surface area contributed by atoms with Gasteiger partial charge in [-0.25, -0.2) is 4.79 Å². The van der Waals surface area contributed by atoms with Gasteiger partial charge in [0.2, 0.25) is 5.78 Å². The van der Waals surface area contributed by atoms with E-state index in [0.29, 0.717) is 5.57 Å². The predicted octanol–water partition coefficient (Wildman–Crippen LogP) is 0.542.